The van der Waals surface area contributed by atoms with E-state index in [1.165, 1.54) is 19.6 Å². The summed E-state index contributed by atoms with van der Waals surface area (Å²) in [5, 5.41) is 12.5. The second kappa shape index (κ2) is 6.94. The lowest BCUT2D eigenvalue weighted by molar-refractivity contribution is -0.242. The van der Waals surface area contributed by atoms with Crippen molar-refractivity contribution in [3.63, 3.8) is 0 Å². The van der Waals surface area contributed by atoms with Gasteiger partial charge in [0, 0.05) is 36.5 Å². The van der Waals surface area contributed by atoms with E-state index in [0.717, 1.165) is 43.6 Å². The summed E-state index contributed by atoms with van der Waals surface area (Å²) in [4.78, 5) is 30.4. The van der Waals surface area contributed by atoms with Crippen LogP contribution in [0.2, 0.25) is 0 Å². The molecular formula is C25H34N2O5. The number of esters is 2. The topological polar surface area (TPSA) is 79.3 Å². The van der Waals surface area contributed by atoms with E-state index in [1.54, 1.807) is 0 Å². The summed E-state index contributed by atoms with van der Waals surface area (Å²) in [5.74, 6) is -1.21. The van der Waals surface area contributed by atoms with E-state index < -0.39 is 40.5 Å². The summed E-state index contributed by atoms with van der Waals surface area (Å²) in [6.07, 6.45) is 2.30. The maximum atomic E-state index is 13.5. The largest absolute Gasteiger partial charge is 0.467 e. The highest BCUT2D eigenvalue weighted by Crippen LogP contribution is 2.68. The van der Waals surface area contributed by atoms with Crippen LogP contribution >= 0.6 is 0 Å². The number of ether oxygens (including phenoxy) is 2. The van der Waals surface area contributed by atoms with E-state index in [1.807, 2.05) is 11.9 Å². The Morgan fingerprint density at radius 1 is 1.22 bits per heavy atom. The van der Waals surface area contributed by atoms with Crippen molar-refractivity contribution in [2.24, 2.45) is 5.41 Å². The summed E-state index contributed by atoms with van der Waals surface area (Å²) in [7, 11) is 3.25. The first-order valence-corrected chi connectivity index (χ1v) is 11.7. The van der Waals surface area contributed by atoms with E-state index in [2.05, 4.69) is 36.9 Å². The number of rotatable bonds is 3. The molecule has 7 nitrogen and oxygen atoms in total. The van der Waals surface area contributed by atoms with Crippen LogP contribution in [0.3, 0.4) is 0 Å². The first-order valence-electron chi connectivity index (χ1n) is 11.7. The van der Waals surface area contributed by atoms with Crippen molar-refractivity contribution < 1.29 is 24.2 Å². The van der Waals surface area contributed by atoms with Crippen LogP contribution < -0.4 is 4.90 Å². The molecule has 7 heteroatoms. The average molecular weight is 443 g/mol. The summed E-state index contributed by atoms with van der Waals surface area (Å²) in [6, 6.07) is 5.93. The fourth-order valence-corrected chi connectivity index (χ4v) is 8.17. The minimum atomic E-state index is -1.98. The van der Waals surface area contributed by atoms with Gasteiger partial charge in [-0.15, -0.1) is 0 Å². The lowest BCUT2D eigenvalue weighted by Gasteiger charge is -2.65. The smallest absolute Gasteiger partial charge is 0.344 e. The molecule has 32 heavy (non-hydrogen) atoms. The number of aryl methyl sites for hydroxylation is 1. The number of hydrogen-bond acceptors (Lipinski definition) is 7. The maximum Gasteiger partial charge on any atom is 0.344 e. The molecule has 5 rings (SSSR count). The van der Waals surface area contributed by atoms with Gasteiger partial charge in [-0.1, -0.05) is 19.1 Å². The fourth-order valence-electron chi connectivity index (χ4n) is 8.17. The van der Waals surface area contributed by atoms with Crippen LogP contribution in [-0.4, -0.2) is 73.0 Å². The minimum absolute atomic E-state index is 0.0689. The van der Waals surface area contributed by atoms with Gasteiger partial charge in [0.1, 0.15) is 0 Å². The van der Waals surface area contributed by atoms with Gasteiger partial charge in [-0.2, -0.15) is 0 Å². The Kier molecular flexibility index (Phi) is 4.71. The summed E-state index contributed by atoms with van der Waals surface area (Å²) in [6.45, 7) is 7.39. The Bertz CT molecular complexity index is 981. The Morgan fingerprint density at radius 2 is 1.97 bits per heavy atom. The van der Waals surface area contributed by atoms with Crippen LogP contribution in [0.1, 0.15) is 50.7 Å². The number of carbonyl (C=O) groups is 2. The van der Waals surface area contributed by atoms with Crippen LogP contribution in [0, 0.1) is 12.3 Å². The zero-order chi connectivity index (χ0) is 23.1. The molecule has 1 aromatic carbocycles. The number of anilines is 1. The van der Waals surface area contributed by atoms with E-state index in [4.69, 9.17) is 9.47 Å². The Hall–Kier alpha value is -2.12. The fraction of sp³-hybridized carbons (Fsp3) is 0.680. The summed E-state index contributed by atoms with van der Waals surface area (Å²) in [5.41, 5.74) is 0.372. The molecule has 1 saturated carbocycles. The second-order valence-electron chi connectivity index (χ2n) is 10.3. The highest BCUT2D eigenvalue weighted by Gasteiger charge is 2.80. The van der Waals surface area contributed by atoms with Crippen LogP contribution in [0.15, 0.2) is 18.2 Å². The van der Waals surface area contributed by atoms with Crippen molar-refractivity contribution in [3.05, 3.63) is 29.3 Å². The Morgan fingerprint density at radius 3 is 2.62 bits per heavy atom. The third-order valence-corrected chi connectivity index (χ3v) is 9.00. The van der Waals surface area contributed by atoms with Gasteiger partial charge in [-0.05, 0) is 62.9 Å². The molecule has 1 spiro atoms. The number of piperidine rings is 1. The van der Waals surface area contributed by atoms with Gasteiger partial charge in [0.25, 0.3) is 0 Å². The van der Waals surface area contributed by atoms with Gasteiger partial charge in [-0.25, -0.2) is 4.79 Å². The molecule has 4 aliphatic rings. The molecule has 3 aliphatic heterocycles. The molecule has 1 aliphatic carbocycles. The van der Waals surface area contributed by atoms with Crippen LogP contribution in [0.25, 0.3) is 0 Å². The van der Waals surface area contributed by atoms with Gasteiger partial charge >= 0.3 is 11.9 Å². The lowest BCUT2D eigenvalue weighted by Crippen LogP contribution is -2.82. The van der Waals surface area contributed by atoms with Crippen LogP contribution in [0.4, 0.5) is 5.69 Å². The van der Waals surface area contributed by atoms with E-state index >= 15 is 0 Å². The number of carbonyl (C=O) groups excluding carboxylic acids is 2. The quantitative estimate of drug-likeness (QED) is 0.719. The van der Waals surface area contributed by atoms with Gasteiger partial charge < -0.3 is 19.5 Å². The SMILES string of the molecule is CC[C@]12CCCN3CC[C@@]4(c5ccc(C)cc5N(C)C4[C@@](O)(C(=O)OC)[C@@H]1OC(C)=O)[C@@H]32. The van der Waals surface area contributed by atoms with Gasteiger partial charge in [-0.3, -0.25) is 9.69 Å². The maximum absolute atomic E-state index is 13.5. The predicted octanol–water partition coefficient (Wildman–Crippen LogP) is 2.17. The molecule has 174 valence electrons. The van der Waals surface area contributed by atoms with Crippen molar-refractivity contribution in [2.75, 3.05) is 32.1 Å². The summed E-state index contributed by atoms with van der Waals surface area (Å²) < 4.78 is 11.2. The van der Waals surface area contributed by atoms with Crippen molar-refractivity contribution >= 4 is 17.6 Å². The van der Waals surface area contributed by atoms with Gasteiger partial charge in [0.05, 0.1) is 13.2 Å². The average Bonchev–Trinajstić information content (AvgIpc) is 3.27. The first kappa shape index (κ1) is 21.7. The molecule has 1 unspecified atom stereocenters. The highest BCUT2D eigenvalue weighted by atomic mass is 16.6. The number of aliphatic hydroxyl groups is 1. The zero-order valence-electron chi connectivity index (χ0n) is 19.7. The first-order chi connectivity index (χ1) is 15.2. The van der Waals surface area contributed by atoms with Gasteiger partial charge in [0.15, 0.2) is 6.10 Å². The molecule has 0 aromatic heterocycles. The molecule has 0 radical (unpaired) electrons. The molecular weight excluding hydrogens is 408 g/mol. The number of benzene rings is 1. The predicted molar refractivity (Wildman–Crippen MR) is 120 cm³/mol. The van der Waals surface area contributed by atoms with Crippen molar-refractivity contribution in [1.29, 1.82) is 0 Å². The van der Waals surface area contributed by atoms with Crippen molar-refractivity contribution in [3.8, 4) is 0 Å². The van der Waals surface area contributed by atoms with E-state index in [0.29, 0.717) is 6.42 Å². The standard InChI is InChI=1S/C25H34N2O5/c1-6-23-10-7-12-27-13-11-24(19(23)27)17-9-8-15(2)14-18(17)26(4)20(24)25(30,22(29)31-5)21(23)32-16(3)28/h8-9,14,19-21,30H,6-7,10-13H2,1-5H3/t19-,20?,21+,23+,24+,25-/m0/s1. The number of likely N-dealkylation sites (N-methyl/N-ethyl adjacent to an activating group) is 1. The van der Waals surface area contributed by atoms with Crippen molar-refractivity contribution in [1.82, 2.24) is 4.90 Å². The minimum Gasteiger partial charge on any atom is -0.467 e. The molecule has 1 N–H and O–H groups in total. The lowest BCUT2D eigenvalue weighted by atomic mass is 9.46. The molecule has 3 heterocycles. The zero-order valence-corrected chi connectivity index (χ0v) is 19.7. The van der Waals surface area contributed by atoms with E-state index in [9.17, 15) is 14.7 Å². The third-order valence-electron chi connectivity index (χ3n) is 9.00. The molecule has 0 bridgehead atoms. The number of methoxy groups -OCH3 is 1. The Balaban J connectivity index is 1.86. The monoisotopic (exact) mass is 442 g/mol. The van der Waals surface area contributed by atoms with Crippen LogP contribution in [-0.2, 0) is 24.5 Å². The number of hydrogen-bond donors (Lipinski definition) is 1. The third kappa shape index (κ3) is 2.34. The number of nitrogens with zero attached hydrogens (tertiary/aromatic N) is 2. The number of fused-ring (bicyclic) bond motifs is 1. The molecule has 3 fully saturated rings. The summed E-state index contributed by atoms with van der Waals surface area (Å²) >= 11 is 0. The van der Waals surface area contributed by atoms with Gasteiger partial charge in [0.2, 0.25) is 5.60 Å². The highest BCUT2D eigenvalue weighted by molar-refractivity contribution is 5.86. The molecule has 2 saturated heterocycles. The van der Waals surface area contributed by atoms with E-state index in [-0.39, 0.29) is 6.04 Å². The van der Waals surface area contributed by atoms with Crippen molar-refractivity contribution in [2.45, 2.75) is 75.7 Å². The van der Waals surface area contributed by atoms with Crippen LogP contribution in [0.5, 0.6) is 0 Å². The molecule has 1 aromatic rings. The second-order valence-corrected chi connectivity index (χ2v) is 10.3. The molecule has 6 atom stereocenters. The Labute approximate surface area is 189 Å². The molecule has 0 amide bonds. The normalized spacial score (nSPS) is 39.8.